The summed E-state index contributed by atoms with van der Waals surface area (Å²) in [5.41, 5.74) is 4.03. The van der Waals surface area contributed by atoms with Crippen LogP contribution in [-0.4, -0.2) is 33.3 Å². The van der Waals surface area contributed by atoms with E-state index in [2.05, 4.69) is 34.6 Å². The normalized spacial score (nSPS) is 12.4. The highest BCUT2D eigenvalue weighted by Crippen LogP contribution is 2.19. The topological polar surface area (TPSA) is 71.8 Å². The second-order valence-electron chi connectivity index (χ2n) is 7.27. The minimum absolute atomic E-state index is 0.106. The molecule has 0 aliphatic heterocycles. The molecule has 2 heterocycles. The van der Waals surface area contributed by atoms with Crippen molar-refractivity contribution in [3.63, 3.8) is 0 Å². The zero-order valence-electron chi connectivity index (χ0n) is 16.6. The van der Waals surface area contributed by atoms with Gasteiger partial charge in [-0.2, -0.15) is 5.10 Å². The van der Waals surface area contributed by atoms with Gasteiger partial charge in [-0.3, -0.25) is 9.48 Å². The van der Waals surface area contributed by atoms with Gasteiger partial charge >= 0.3 is 0 Å². The fraction of sp³-hybridized carbons (Fsp3) is 0.381. The van der Waals surface area contributed by atoms with Crippen molar-refractivity contribution in [2.24, 2.45) is 13.0 Å². The molecule has 2 N–H and O–H groups in total. The van der Waals surface area contributed by atoms with Crippen LogP contribution in [0.1, 0.15) is 35.6 Å². The third-order valence-electron chi connectivity index (χ3n) is 4.85. The number of rotatable bonds is 6. The Bertz CT molecular complexity index is 946. The summed E-state index contributed by atoms with van der Waals surface area (Å²) in [5, 5.41) is 11.9. The Balaban J connectivity index is 1.75. The predicted molar refractivity (Wildman–Crippen MR) is 109 cm³/mol. The van der Waals surface area contributed by atoms with Crippen molar-refractivity contribution in [3.8, 4) is 0 Å². The van der Waals surface area contributed by atoms with E-state index in [9.17, 15) is 4.79 Å². The molecular formula is C21H27N5O. The van der Waals surface area contributed by atoms with Crippen molar-refractivity contribution in [2.75, 3.05) is 11.9 Å². The quantitative estimate of drug-likeness (QED) is 0.702. The van der Waals surface area contributed by atoms with Gasteiger partial charge in [-0.25, -0.2) is 4.98 Å². The molecule has 0 spiro atoms. The van der Waals surface area contributed by atoms with E-state index in [0.717, 1.165) is 22.4 Å². The molecule has 3 rings (SSSR count). The van der Waals surface area contributed by atoms with Crippen LogP contribution in [0, 0.1) is 19.8 Å². The van der Waals surface area contributed by atoms with Gasteiger partial charge in [-0.1, -0.05) is 32.0 Å². The van der Waals surface area contributed by atoms with Crippen LogP contribution < -0.4 is 10.6 Å². The van der Waals surface area contributed by atoms with Gasteiger partial charge in [0.1, 0.15) is 0 Å². The van der Waals surface area contributed by atoms with Crippen molar-refractivity contribution in [1.82, 2.24) is 20.1 Å². The minimum atomic E-state index is -0.106. The maximum atomic E-state index is 12.8. The molecule has 0 radical (unpaired) electrons. The number of nitrogens with zero attached hydrogens (tertiary/aromatic N) is 3. The number of carbonyl (C=O) groups is 1. The number of hydrogen-bond donors (Lipinski definition) is 2. The molecule has 0 fully saturated rings. The first kappa shape index (κ1) is 18.9. The van der Waals surface area contributed by atoms with Crippen LogP contribution in [0.2, 0.25) is 0 Å². The van der Waals surface area contributed by atoms with E-state index in [1.165, 1.54) is 0 Å². The molecule has 2 aromatic heterocycles. The lowest BCUT2D eigenvalue weighted by atomic mass is 10.0. The van der Waals surface area contributed by atoms with E-state index in [1.54, 1.807) is 4.68 Å². The number of pyridine rings is 1. The highest BCUT2D eigenvalue weighted by Gasteiger charge is 2.18. The summed E-state index contributed by atoms with van der Waals surface area (Å²) in [6, 6.07) is 12.1. The summed E-state index contributed by atoms with van der Waals surface area (Å²) in [6.45, 7) is 8.61. The lowest BCUT2D eigenvalue weighted by Crippen LogP contribution is -2.39. The van der Waals surface area contributed by atoms with Gasteiger partial charge in [0.2, 0.25) is 0 Å². The Morgan fingerprint density at radius 2 is 1.85 bits per heavy atom. The molecular weight excluding hydrogens is 338 g/mol. The van der Waals surface area contributed by atoms with Crippen LogP contribution in [0.4, 0.5) is 5.69 Å². The monoisotopic (exact) mass is 365 g/mol. The Labute approximate surface area is 160 Å². The molecule has 6 heteroatoms. The molecule has 27 heavy (non-hydrogen) atoms. The predicted octanol–water partition coefficient (Wildman–Crippen LogP) is 3.45. The van der Waals surface area contributed by atoms with Gasteiger partial charge in [0, 0.05) is 30.7 Å². The molecule has 142 valence electrons. The number of nitrogens with one attached hydrogen (secondary N) is 2. The number of aryl methyl sites for hydroxylation is 3. The average molecular weight is 365 g/mol. The van der Waals surface area contributed by atoms with Gasteiger partial charge < -0.3 is 10.6 Å². The molecule has 0 saturated heterocycles. The summed E-state index contributed by atoms with van der Waals surface area (Å²) < 4.78 is 1.75. The third kappa shape index (κ3) is 4.10. The maximum Gasteiger partial charge on any atom is 0.253 e. The number of fused-ring (bicyclic) bond motifs is 1. The standard InChI is InChI=1S/C21H27N5O/c1-13(2)19(24-16-9-7-6-8-10-16)12-22-21(27)18-11-17-15(4)25-26(5)20(17)23-14(18)3/h6-11,13,19,24H,12H2,1-5H3,(H,22,27)/t19-/m1/s1. The number of carbonyl (C=O) groups excluding carboxylic acids is 1. The van der Waals surface area contributed by atoms with Crippen LogP contribution in [0.5, 0.6) is 0 Å². The Morgan fingerprint density at radius 3 is 2.52 bits per heavy atom. The second kappa shape index (κ2) is 7.78. The molecule has 6 nitrogen and oxygen atoms in total. The average Bonchev–Trinajstić information content (AvgIpc) is 2.91. The molecule has 0 saturated carbocycles. The first-order chi connectivity index (χ1) is 12.9. The van der Waals surface area contributed by atoms with E-state index >= 15 is 0 Å². The SMILES string of the molecule is Cc1nc2c(cc1C(=O)NC[C@@H](Nc1ccccc1)C(C)C)c(C)nn2C. The number of amides is 1. The van der Waals surface area contributed by atoms with E-state index in [4.69, 9.17) is 0 Å². The van der Waals surface area contributed by atoms with Crippen molar-refractivity contribution in [3.05, 3.63) is 53.3 Å². The minimum Gasteiger partial charge on any atom is -0.380 e. The van der Waals surface area contributed by atoms with Crippen molar-refractivity contribution in [1.29, 1.82) is 0 Å². The lowest BCUT2D eigenvalue weighted by molar-refractivity contribution is 0.0949. The summed E-state index contributed by atoms with van der Waals surface area (Å²) in [7, 11) is 1.87. The first-order valence-electron chi connectivity index (χ1n) is 9.27. The highest BCUT2D eigenvalue weighted by molar-refractivity contribution is 5.98. The van der Waals surface area contributed by atoms with Gasteiger partial charge in [0.25, 0.3) is 5.91 Å². The molecule has 0 bridgehead atoms. The smallest absolute Gasteiger partial charge is 0.253 e. The van der Waals surface area contributed by atoms with E-state index in [0.29, 0.717) is 23.7 Å². The first-order valence-corrected chi connectivity index (χ1v) is 9.27. The van der Waals surface area contributed by atoms with Crippen molar-refractivity contribution in [2.45, 2.75) is 33.7 Å². The largest absolute Gasteiger partial charge is 0.380 e. The van der Waals surface area contributed by atoms with Crippen LogP contribution in [0.25, 0.3) is 11.0 Å². The molecule has 0 unspecified atom stereocenters. The van der Waals surface area contributed by atoms with Crippen LogP contribution >= 0.6 is 0 Å². The van der Waals surface area contributed by atoms with E-state index in [1.807, 2.05) is 57.3 Å². The molecule has 3 aromatic rings. The van der Waals surface area contributed by atoms with Crippen molar-refractivity contribution < 1.29 is 4.79 Å². The zero-order valence-corrected chi connectivity index (χ0v) is 16.6. The molecule has 1 aromatic carbocycles. The fourth-order valence-corrected chi connectivity index (χ4v) is 3.16. The Hall–Kier alpha value is -2.89. The molecule has 1 amide bonds. The highest BCUT2D eigenvalue weighted by atomic mass is 16.1. The van der Waals surface area contributed by atoms with E-state index in [-0.39, 0.29) is 11.9 Å². The Kier molecular flexibility index (Phi) is 5.44. The van der Waals surface area contributed by atoms with Gasteiger partial charge in [0.05, 0.1) is 17.0 Å². The number of benzene rings is 1. The van der Waals surface area contributed by atoms with Gasteiger partial charge in [0.15, 0.2) is 5.65 Å². The molecule has 1 atom stereocenters. The van der Waals surface area contributed by atoms with E-state index < -0.39 is 0 Å². The third-order valence-corrected chi connectivity index (χ3v) is 4.85. The fourth-order valence-electron chi connectivity index (χ4n) is 3.16. The number of para-hydroxylation sites is 1. The summed E-state index contributed by atoms with van der Waals surface area (Å²) in [4.78, 5) is 17.4. The maximum absolute atomic E-state index is 12.8. The zero-order chi connectivity index (χ0) is 19.6. The number of anilines is 1. The van der Waals surface area contributed by atoms with Crippen molar-refractivity contribution >= 4 is 22.6 Å². The van der Waals surface area contributed by atoms with Gasteiger partial charge in [-0.05, 0) is 38.0 Å². The van der Waals surface area contributed by atoms with Crippen LogP contribution in [0.15, 0.2) is 36.4 Å². The second-order valence-corrected chi connectivity index (χ2v) is 7.27. The molecule has 0 aliphatic carbocycles. The lowest BCUT2D eigenvalue weighted by Gasteiger charge is -2.24. The van der Waals surface area contributed by atoms with Crippen LogP contribution in [0.3, 0.4) is 0 Å². The summed E-state index contributed by atoms with van der Waals surface area (Å²) in [6.07, 6.45) is 0. The summed E-state index contributed by atoms with van der Waals surface area (Å²) in [5.74, 6) is 0.262. The number of aromatic nitrogens is 3. The summed E-state index contributed by atoms with van der Waals surface area (Å²) >= 11 is 0. The number of hydrogen-bond acceptors (Lipinski definition) is 4. The van der Waals surface area contributed by atoms with Crippen LogP contribution in [-0.2, 0) is 7.05 Å². The Morgan fingerprint density at radius 1 is 1.15 bits per heavy atom. The van der Waals surface area contributed by atoms with Gasteiger partial charge in [-0.15, -0.1) is 0 Å². The molecule has 0 aliphatic rings.